The number of fused-ring (bicyclic) bond motifs is 1. The fraction of sp³-hybridized carbons (Fsp3) is 0.278. The predicted molar refractivity (Wildman–Crippen MR) is 95.1 cm³/mol. The third-order valence-electron chi connectivity index (χ3n) is 3.80. The average Bonchev–Trinajstić information content (AvgIpc) is 3.03. The van der Waals surface area contributed by atoms with E-state index in [0.29, 0.717) is 18.1 Å². The number of H-pyrrole nitrogens is 1. The number of aromatic nitrogens is 3. The van der Waals surface area contributed by atoms with E-state index in [0.717, 1.165) is 24.9 Å². The quantitative estimate of drug-likeness (QED) is 0.624. The summed E-state index contributed by atoms with van der Waals surface area (Å²) < 4.78 is 0. The lowest BCUT2D eigenvalue weighted by atomic mass is 10.1. The molecule has 124 valence electrons. The van der Waals surface area contributed by atoms with Gasteiger partial charge in [-0.15, -0.1) is 0 Å². The fourth-order valence-corrected chi connectivity index (χ4v) is 2.52. The zero-order valence-corrected chi connectivity index (χ0v) is 13.7. The first kappa shape index (κ1) is 16.0. The molecule has 2 aromatic heterocycles. The van der Waals surface area contributed by atoms with Crippen molar-refractivity contribution in [1.29, 1.82) is 0 Å². The summed E-state index contributed by atoms with van der Waals surface area (Å²) in [5.74, 6) is 0.393. The van der Waals surface area contributed by atoms with Crippen LogP contribution < -0.4 is 10.6 Å². The zero-order valence-electron chi connectivity index (χ0n) is 13.7. The van der Waals surface area contributed by atoms with E-state index in [1.54, 1.807) is 12.4 Å². The van der Waals surface area contributed by atoms with E-state index in [4.69, 9.17) is 0 Å². The molecular weight excluding hydrogens is 302 g/mol. The molecule has 3 aromatic rings. The minimum atomic E-state index is -0.156. The Morgan fingerprint density at radius 2 is 1.96 bits per heavy atom. The molecule has 6 heteroatoms. The van der Waals surface area contributed by atoms with Crippen molar-refractivity contribution in [3.05, 3.63) is 54.0 Å². The number of para-hydroxylation sites is 1. The molecule has 3 N–H and O–H groups in total. The van der Waals surface area contributed by atoms with Crippen LogP contribution in [0.3, 0.4) is 0 Å². The molecule has 0 spiro atoms. The second-order valence-electron chi connectivity index (χ2n) is 5.59. The van der Waals surface area contributed by atoms with Gasteiger partial charge in [-0.3, -0.25) is 4.79 Å². The van der Waals surface area contributed by atoms with Crippen LogP contribution >= 0.6 is 0 Å². The summed E-state index contributed by atoms with van der Waals surface area (Å²) in [6.45, 7) is 3.45. The number of benzene rings is 1. The monoisotopic (exact) mass is 323 g/mol. The Kier molecular flexibility index (Phi) is 5.05. The van der Waals surface area contributed by atoms with Crippen LogP contribution in [0.15, 0.2) is 42.9 Å². The Hall–Kier alpha value is -2.89. The van der Waals surface area contributed by atoms with Crippen LogP contribution in [0.4, 0.5) is 5.95 Å². The van der Waals surface area contributed by atoms with E-state index in [1.165, 1.54) is 10.9 Å². The van der Waals surface area contributed by atoms with Crippen LogP contribution in [0.25, 0.3) is 10.9 Å². The Balaban J connectivity index is 1.53. The van der Waals surface area contributed by atoms with Crippen molar-refractivity contribution >= 4 is 22.8 Å². The minimum absolute atomic E-state index is 0.156. The molecule has 0 bridgehead atoms. The minimum Gasteiger partial charge on any atom is -0.361 e. The van der Waals surface area contributed by atoms with Gasteiger partial charge in [-0.05, 0) is 24.5 Å². The second kappa shape index (κ2) is 7.59. The third-order valence-corrected chi connectivity index (χ3v) is 3.80. The van der Waals surface area contributed by atoms with Gasteiger partial charge in [-0.1, -0.05) is 25.1 Å². The molecule has 2 heterocycles. The van der Waals surface area contributed by atoms with Gasteiger partial charge < -0.3 is 15.6 Å². The van der Waals surface area contributed by atoms with E-state index in [9.17, 15) is 4.79 Å². The highest BCUT2D eigenvalue weighted by molar-refractivity contribution is 5.93. The van der Waals surface area contributed by atoms with Crippen LogP contribution in [0.5, 0.6) is 0 Å². The standard InChI is InChI=1S/C18H21N5O/c1-2-8-20-18-22-11-14(12-23-18)17(24)19-9-7-13-10-21-16-6-4-3-5-15(13)16/h3-6,10-12,21H,2,7-9H2,1H3,(H,19,24)(H,20,22,23). The van der Waals surface area contributed by atoms with Crippen molar-refractivity contribution in [2.45, 2.75) is 19.8 Å². The number of anilines is 1. The molecule has 24 heavy (non-hydrogen) atoms. The van der Waals surface area contributed by atoms with Gasteiger partial charge in [-0.25, -0.2) is 9.97 Å². The molecule has 1 aromatic carbocycles. The van der Waals surface area contributed by atoms with E-state index in [1.807, 2.05) is 24.4 Å². The lowest BCUT2D eigenvalue weighted by Gasteiger charge is -2.06. The van der Waals surface area contributed by atoms with Crippen molar-refractivity contribution in [1.82, 2.24) is 20.3 Å². The second-order valence-corrected chi connectivity index (χ2v) is 5.59. The molecule has 6 nitrogen and oxygen atoms in total. The highest BCUT2D eigenvalue weighted by atomic mass is 16.1. The fourth-order valence-electron chi connectivity index (χ4n) is 2.52. The predicted octanol–water partition coefficient (Wildman–Crippen LogP) is 2.75. The van der Waals surface area contributed by atoms with Gasteiger partial charge in [0.1, 0.15) is 0 Å². The van der Waals surface area contributed by atoms with Crippen molar-refractivity contribution in [2.75, 3.05) is 18.4 Å². The van der Waals surface area contributed by atoms with Gasteiger partial charge in [0, 0.05) is 42.6 Å². The summed E-state index contributed by atoms with van der Waals surface area (Å²) >= 11 is 0. The molecule has 0 aliphatic heterocycles. The van der Waals surface area contributed by atoms with Crippen LogP contribution in [-0.2, 0) is 6.42 Å². The molecule has 1 amide bonds. The van der Waals surface area contributed by atoms with Gasteiger partial charge in [0.15, 0.2) is 0 Å². The summed E-state index contributed by atoms with van der Waals surface area (Å²) in [5, 5.41) is 7.19. The SMILES string of the molecule is CCCNc1ncc(C(=O)NCCc2c[nH]c3ccccc23)cn1. The Morgan fingerprint density at radius 3 is 2.75 bits per heavy atom. The third kappa shape index (κ3) is 3.71. The molecule has 0 saturated carbocycles. The number of hydrogen-bond donors (Lipinski definition) is 3. The summed E-state index contributed by atoms with van der Waals surface area (Å²) in [4.78, 5) is 23.7. The molecule has 0 saturated heterocycles. The van der Waals surface area contributed by atoms with E-state index >= 15 is 0 Å². The molecule has 0 aliphatic carbocycles. The Labute approximate surface area is 140 Å². The molecule has 3 rings (SSSR count). The number of carbonyl (C=O) groups is 1. The van der Waals surface area contributed by atoms with Crippen molar-refractivity contribution in [3.8, 4) is 0 Å². The summed E-state index contributed by atoms with van der Waals surface area (Å²) in [6, 6.07) is 8.15. The summed E-state index contributed by atoms with van der Waals surface area (Å²) in [6.07, 6.45) is 6.86. The summed E-state index contributed by atoms with van der Waals surface area (Å²) in [5.41, 5.74) is 2.78. The Morgan fingerprint density at radius 1 is 1.17 bits per heavy atom. The maximum atomic E-state index is 12.1. The van der Waals surface area contributed by atoms with Gasteiger partial charge in [0.05, 0.1) is 5.56 Å². The first-order chi connectivity index (χ1) is 11.8. The number of hydrogen-bond acceptors (Lipinski definition) is 4. The topological polar surface area (TPSA) is 82.7 Å². The van der Waals surface area contributed by atoms with Gasteiger partial charge >= 0.3 is 0 Å². The zero-order chi connectivity index (χ0) is 16.8. The van der Waals surface area contributed by atoms with Crippen molar-refractivity contribution in [3.63, 3.8) is 0 Å². The highest BCUT2D eigenvalue weighted by Crippen LogP contribution is 2.17. The number of nitrogens with one attached hydrogen (secondary N) is 3. The van der Waals surface area contributed by atoms with Crippen LogP contribution in [0.2, 0.25) is 0 Å². The number of nitrogens with zero attached hydrogens (tertiary/aromatic N) is 2. The summed E-state index contributed by atoms with van der Waals surface area (Å²) in [7, 11) is 0. The molecule has 0 unspecified atom stereocenters. The lowest BCUT2D eigenvalue weighted by molar-refractivity contribution is 0.0953. The van der Waals surface area contributed by atoms with E-state index in [2.05, 4.69) is 38.6 Å². The lowest BCUT2D eigenvalue weighted by Crippen LogP contribution is -2.26. The maximum Gasteiger partial charge on any atom is 0.254 e. The number of aromatic amines is 1. The van der Waals surface area contributed by atoms with Crippen LogP contribution in [0, 0.1) is 0 Å². The van der Waals surface area contributed by atoms with Gasteiger partial charge in [-0.2, -0.15) is 0 Å². The van der Waals surface area contributed by atoms with Crippen LogP contribution in [0.1, 0.15) is 29.3 Å². The number of carbonyl (C=O) groups excluding carboxylic acids is 1. The highest BCUT2D eigenvalue weighted by Gasteiger charge is 2.08. The maximum absolute atomic E-state index is 12.1. The number of rotatable bonds is 7. The van der Waals surface area contributed by atoms with E-state index in [-0.39, 0.29) is 5.91 Å². The van der Waals surface area contributed by atoms with Gasteiger partial charge in [0.2, 0.25) is 5.95 Å². The smallest absolute Gasteiger partial charge is 0.254 e. The molecule has 0 aliphatic rings. The Bertz CT molecular complexity index is 810. The van der Waals surface area contributed by atoms with Crippen molar-refractivity contribution in [2.24, 2.45) is 0 Å². The van der Waals surface area contributed by atoms with Gasteiger partial charge in [0.25, 0.3) is 5.91 Å². The first-order valence-electron chi connectivity index (χ1n) is 8.17. The van der Waals surface area contributed by atoms with E-state index < -0.39 is 0 Å². The normalized spacial score (nSPS) is 10.7. The first-order valence-corrected chi connectivity index (χ1v) is 8.17. The largest absolute Gasteiger partial charge is 0.361 e. The van der Waals surface area contributed by atoms with Crippen molar-refractivity contribution < 1.29 is 4.79 Å². The molecule has 0 radical (unpaired) electrons. The van der Waals surface area contributed by atoms with Crippen LogP contribution in [-0.4, -0.2) is 33.9 Å². The molecular formula is C18H21N5O. The average molecular weight is 323 g/mol. The molecule has 0 atom stereocenters. The molecule has 0 fully saturated rings. The number of amides is 1.